The van der Waals surface area contributed by atoms with Crippen molar-refractivity contribution in [1.82, 2.24) is 14.5 Å². The highest BCUT2D eigenvalue weighted by molar-refractivity contribution is 7.89. The molecule has 0 aliphatic heterocycles. The lowest BCUT2D eigenvalue weighted by Crippen LogP contribution is -2.33. The molecule has 0 amide bonds. The molecule has 1 aromatic carbocycles. The molecule has 1 heterocycles. The maximum absolute atomic E-state index is 12.9. The Morgan fingerprint density at radius 1 is 1.30 bits per heavy atom. The Morgan fingerprint density at radius 3 is 2.45 bits per heavy atom. The molecule has 1 unspecified atom stereocenters. The number of hydrogen-bond acceptors (Lipinski definition) is 3. The number of aromatic nitrogens is 2. The molecule has 108 valence electrons. The first kappa shape index (κ1) is 14.7. The minimum absolute atomic E-state index is 0.0494. The Bertz CT molecular complexity index is 653. The van der Waals surface area contributed by atoms with Crippen molar-refractivity contribution in [2.45, 2.75) is 24.9 Å². The Hall–Kier alpha value is -1.73. The van der Waals surface area contributed by atoms with Crippen LogP contribution >= 0.6 is 0 Å². The van der Waals surface area contributed by atoms with Gasteiger partial charge in [0.2, 0.25) is 0 Å². The van der Waals surface area contributed by atoms with Crippen LogP contribution in [0.2, 0.25) is 0 Å². The number of H-pyrrole nitrogens is 1. The van der Waals surface area contributed by atoms with E-state index in [0.29, 0.717) is 6.54 Å². The van der Waals surface area contributed by atoms with E-state index in [-0.39, 0.29) is 10.8 Å². The van der Waals surface area contributed by atoms with Crippen LogP contribution in [-0.2, 0) is 10.0 Å². The van der Waals surface area contributed by atoms with Crippen LogP contribution in [0.5, 0.6) is 0 Å². The largest absolute Gasteiger partial charge is 0.266 e. The van der Waals surface area contributed by atoms with Crippen LogP contribution in [0.3, 0.4) is 0 Å². The fraction of sp³-hybridized carbons (Fsp3) is 0.308. The smallest absolute Gasteiger partial charge is 0.260 e. The summed E-state index contributed by atoms with van der Waals surface area (Å²) in [6, 6.07) is 6.84. The Kier molecular flexibility index (Phi) is 4.20. The van der Waals surface area contributed by atoms with E-state index in [1.807, 2.05) is 0 Å². The van der Waals surface area contributed by atoms with Crippen molar-refractivity contribution in [2.24, 2.45) is 0 Å². The Morgan fingerprint density at radius 2 is 1.95 bits per heavy atom. The zero-order chi connectivity index (χ0) is 14.8. The summed E-state index contributed by atoms with van der Waals surface area (Å²) in [4.78, 5) is 0. The van der Waals surface area contributed by atoms with Crippen molar-refractivity contribution in [3.05, 3.63) is 47.9 Å². The van der Waals surface area contributed by atoms with Gasteiger partial charge in [-0.1, -0.05) is 19.1 Å². The molecule has 1 atom stereocenters. The van der Waals surface area contributed by atoms with Crippen LogP contribution in [-0.4, -0.2) is 29.5 Å². The normalized spacial score (nSPS) is 13.6. The number of sulfonamides is 1. The predicted molar refractivity (Wildman–Crippen MR) is 73.0 cm³/mol. The van der Waals surface area contributed by atoms with Crippen LogP contribution in [0, 0.1) is 5.82 Å². The van der Waals surface area contributed by atoms with Crippen LogP contribution < -0.4 is 0 Å². The second kappa shape index (κ2) is 5.72. The van der Waals surface area contributed by atoms with Gasteiger partial charge < -0.3 is 0 Å². The summed E-state index contributed by atoms with van der Waals surface area (Å²) in [6.07, 6.45) is 1.39. The summed E-state index contributed by atoms with van der Waals surface area (Å²) in [6.45, 7) is 3.83. The van der Waals surface area contributed by atoms with E-state index < -0.39 is 16.1 Å². The van der Waals surface area contributed by atoms with Gasteiger partial charge in [-0.2, -0.15) is 9.40 Å². The molecule has 0 fully saturated rings. The fourth-order valence-corrected chi connectivity index (χ4v) is 3.60. The fourth-order valence-electron chi connectivity index (χ4n) is 2.07. The third-order valence-electron chi connectivity index (χ3n) is 3.16. The summed E-state index contributed by atoms with van der Waals surface area (Å²) in [7, 11) is -3.64. The molecule has 0 spiro atoms. The van der Waals surface area contributed by atoms with Crippen molar-refractivity contribution in [2.75, 3.05) is 6.54 Å². The molecule has 1 N–H and O–H groups in total. The van der Waals surface area contributed by atoms with Gasteiger partial charge in [0.15, 0.2) is 5.03 Å². The van der Waals surface area contributed by atoms with Gasteiger partial charge in [-0.05, 0) is 30.7 Å². The maximum atomic E-state index is 12.9. The molecule has 0 aliphatic rings. The number of rotatable bonds is 5. The highest BCUT2D eigenvalue weighted by Gasteiger charge is 2.29. The minimum atomic E-state index is -3.64. The second-order valence-electron chi connectivity index (χ2n) is 4.36. The molecule has 20 heavy (non-hydrogen) atoms. The highest BCUT2D eigenvalue weighted by atomic mass is 32.2. The molecule has 0 radical (unpaired) electrons. The number of benzene rings is 1. The van der Waals surface area contributed by atoms with Gasteiger partial charge >= 0.3 is 0 Å². The average Bonchev–Trinajstić information content (AvgIpc) is 2.94. The summed E-state index contributed by atoms with van der Waals surface area (Å²) < 4.78 is 39.3. The molecule has 0 bridgehead atoms. The summed E-state index contributed by atoms with van der Waals surface area (Å²) in [5, 5.41) is 6.19. The van der Waals surface area contributed by atoms with Crippen molar-refractivity contribution in [1.29, 1.82) is 0 Å². The first-order chi connectivity index (χ1) is 9.46. The van der Waals surface area contributed by atoms with Gasteiger partial charge in [-0.25, -0.2) is 12.8 Å². The molecule has 0 saturated heterocycles. The summed E-state index contributed by atoms with van der Waals surface area (Å²) in [5.41, 5.74) is 0.733. The molecule has 0 saturated carbocycles. The molecule has 2 rings (SSSR count). The SMILES string of the molecule is CCN(C(C)c1ccc(F)cc1)S(=O)(=O)c1ccn[nH]1. The lowest BCUT2D eigenvalue weighted by atomic mass is 10.1. The molecular weight excluding hydrogens is 281 g/mol. The molecular formula is C13H16FN3O2S. The maximum Gasteiger partial charge on any atom is 0.260 e. The lowest BCUT2D eigenvalue weighted by Gasteiger charge is -2.26. The van der Waals surface area contributed by atoms with Gasteiger partial charge in [0, 0.05) is 12.6 Å². The number of aromatic amines is 1. The van der Waals surface area contributed by atoms with Gasteiger partial charge in [0.25, 0.3) is 10.0 Å². The van der Waals surface area contributed by atoms with Gasteiger partial charge in [0.05, 0.1) is 6.20 Å². The van der Waals surface area contributed by atoms with E-state index in [0.717, 1.165) is 5.56 Å². The van der Waals surface area contributed by atoms with Crippen LogP contribution in [0.1, 0.15) is 25.5 Å². The van der Waals surface area contributed by atoms with E-state index in [9.17, 15) is 12.8 Å². The second-order valence-corrected chi connectivity index (χ2v) is 6.22. The van der Waals surface area contributed by atoms with E-state index in [2.05, 4.69) is 10.2 Å². The number of halogens is 1. The van der Waals surface area contributed by atoms with Crippen LogP contribution in [0.4, 0.5) is 4.39 Å². The topological polar surface area (TPSA) is 66.1 Å². The molecule has 0 aliphatic carbocycles. The monoisotopic (exact) mass is 297 g/mol. The Balaban J connectivity index is 2.35. The quantitative estimate of drug-likeness (QED) is 0.921. The molecule has 7 heteroatoms. The first-order valence-corrected chi connectivity index (χ1v) is 7.67. The van der Waals surface area contributed by atoms with Crippen molar-refractivity contribution >= 4 is 10.0 Å². The minimum Gasteiger partial charge on any atom is -0.266 e. The highest BCUT2D eigenvalue weighted by Crippen LogP contribution is 2.26. The molecule has 2 aromatic rings. The van der Waals surface area contributed by atoms with E-state index in [1.165, 1.54) is 28.7 Å². The molecule has 1 aromatic heterocycles. The van der Waals surface area contributed by atoms with Crippen molar-refractivity contribution < 1.29 is 12.8 Å². The zero-order valence-electron chi connectivity index (χ0n) is 11.2. The number of hydrogen-bond donors (Lipinski definition) is 1. The van der Waals surface area contributed by atoms with Gasteiger partial charge in [-0.3, -0.25) is 5.10 Å². The number of nitrogens with zero attached hydrogens (tertiary/aromatic N) is 2. The van der Waals surface area contributed by atoms with E-state index in [1.54, 1.807) is 26.0 Å². The zero-order valence-corrected chi connectivity index (χ0v) is 12.1. The van der Waals surface area contributed by atoms with Crippen LogP contribution in [0.25, 0.3) is 0 Å². The third kappa shape index (κ3) is 2.73. The summed E-state index contributed by atoms with van der Waals surface area (Å²) in [5.74, 6) is -0.347. The van der Waals surface area contributed by atoms with Crippen molar-refractivity contribution in [3.63, 3.8) is 0 Å². The lowest BCUT2D eigenvalue weighted by molar-refractivity contribution is 0.355. The van der Waals surface area contributed by atoms with E-state index in [4.69, 9.17) is 0 Å². The third-order valence-corrected chi connectivity index (χ3v) is 5.13. The number of nitrogens with one attached hydrogen (secondary N) is 1. The standard InChI is InChI=1S/C13H16FN3O2S/c1-3-17(20(18,19)13-8-9-15-16-13)10(2)11-4-6-12(14)7-5-11/h4-10H,3H2,1-2H3,(H,15,16). The summed E-state index contributed by atoms with van der Waals surface area (Å²) >= 11 is 0. The average molecular weight is 297 g/mol. The van der Waals surface area contributed by atoms with Crippen molar-refractivity contribution in [3.8, 4) is 0 Å². The van der Waals surface area contributed by atoms with Crippen LogP contribution in [0.15, 0.2) is 41.6 Å². The molecule has 5 nitrogen and oxygen atoms in total. The van der Waals surface area contributed by atoms with E-state index >= 15 is 0 Å². The van der Waals surface area contributed by atoms with Gasteiger partial charge in [-0.15, -0.1) is 0 Å². The Labute approximate surface area is 117 Å². The van der Waals surface area contributed by atoms with Gasteiger partial charge in [0.1, 0.15) is 5.82 Å². The first-order valence-electron chi connectivity index (χ1n) is 6.23. The predicted octanol–water partition coefficient (Wildman–Crippen LogP) is 2.32.